The van der Waals surface area contributed by atoms with Crippen molar-refractivity contribution < 1.29 is 24.2 Å². The summed E-state index contributed by atoms with van der Waals surface area (Å²) in [7, 11) is 0. The molecule has 5 aromatic rings. The van der Waals surface area contributed by atoms with Crippen molar-refractivity contribution in [2.24, 2.45) is 0 Å². The van der Waals surface area contributed by atoms with Crippen molar-refractivity contribution in [2.45, 2.75) is 20.3 Å². The average Bonchev–Trinajstić information content (AvgIpc) is 3.47. The number of fused-ring (bicyclic) bond motifs is 3. The van der Waals surface area contributed by atoms with Crippen LogP contribution in [0.3, 0.4) is 0 Å². The van der Waals surface area contributed by atoms with Gasteiger partial charge in [0.15, 0.2) is 0 Å². The van der Waals surface area contributed by atoms with Gasteiger partial charge in [0.25, 0.3) is 0 Å². The summed E-state index contributed by atoms with van der Waals surface area (Å²) >= 11 is 1.46. The Labute approximate surface area is 218 Å². The summed E-state index contributed by atoms with van der Waals surface area (Å²) in [5, 5.41) is 5.39. The minimum atomic E-state index is 1.05. The molecule has 1 aliphatic rings. The van der Waals surface area contributed by atoms with Crippen LogP contribution in [0.1, 0.15) is 31.4 Å². The third-order valence-corrected chi connectivity index (χ3v) is 7.18. The summed E-state index contributed by atoms with van der Waals surface area (Å²) in [5.41, 5.74) is 5.38. The van der Waals surface area contributed by atoms with Crippen LogP contribution >= 0.6 is 0 Å². The van der Waals surface area contributed by atoms with E-state index in [1.54, 1.807) is 0 Å². The largest absolute Gasteiger partial charge is 0.126 e. The first kappa shape index (κ1) is 24.1. The minimum absolute atomic E-state index is 1.05. The fraction of sp³-hybridized carbons (Fsp3) is 0.0909. The zero-order chi connectivity index (χ0) is 23.8. The Balaban J connectivity index is 0.000000128. The van der Waals surface area contributed by atoms with Crippen LogP contribution in [-0.2, 0) is 24.2 Å². The molecule has 6 rings (SSSR count). The van der Waals surface area contributed by atoms with Crippen LogP contribution in [0.4, 0.5) is 0 Å². The molecule has 0 saturated carbocycles. The first-order valence-corrected chi connectivity index (χ1v) is 12.8. The number of allylic oxidation sites excluding steroid dienone is 4. The summed E-state index contributed by atoms with van der Waals surface area (Å²) < 4.78 is 1.42. The molecule has 0 aliphatic heterocycles. The second kappa shape index (κ2) is 11.9. The minimum Gasteiger partial charge on any atom is -0.126 e. The van der Waals surface area contributed by atoms with E-state index in [2.05, 4.69) is 141 Å². The van der Waals surface area contributed by atoms with E-state index < -0.39 is 0 Å². The van der Waals surface area contributed by atoms with Crippen LogP contribution in [0, 0.1) is 6.08 Å². The smallest absolute Gasteiger partial charge is 0.0771 e. The molecule has 34 heavy (non-hydrogen) atoms. The summed E-state index contributed by atoms with van der Waals surface area (Å²) in [6.07, 6.45) is 6.41. The summed E-state index contributed by atoms with van der Waals surface area (Å²) in [6, 6.07) is 40.4. The van der Waals surface area contributed by atoms with Crippen molar-refractivity contribution in [3.8, 4) is 0 Å². The zero-order valence-electron chi connectivity index (χ0n) is 19.8. The van der Waals surface area contributed by atoms with E-state index in [4.69, 9.17) is 0 Å². The van der Waals surface area contributed by atoms with E-state index >= 15 is 0 Å². The standard InChI is InChI=1S/C13H9.C13H10.C7H9.Zr/c1-3-7-12-10(5-1)9-11-6-2-4-8-13(11)12;1-3-7-12(8-4-1)11-13-9-5-2-6-10-13;1-6-3-4-7(2)5-6;/h1-9H;1-10H;5H,3H2,1-2H3;/q-1;;-1;+2. The van der Waals surface area contributed by atoms with E-state index in [9.17, 15) is 0 Å². The van der Waals surface area contributed by atoms with Crippen LogP contribution in [0.15, 0.2) is 132 Å². The topological polar surface area (TPSA) is 0 Å². The Morgan fingerprint density at radius 1 is 0.647 bits per heavy atom. The Morgan fingerprint density at radius 2 is 1.09 bits per heavy atom. The van der Waals surface area contributed by atoms with Crippen molar-refractivity contribution in [1.82, 2.24) is 0 Å². The molecule has 0 saturated heterocycles. The fourth-order valence-corrected chi connectivity index (χ4v) is 4.85. The Hall–Kier alpha value is -3.02. The van der Waals surface area contributed by atoms with Crippen molar-refractivity contribution in [3.05, 3.63) is 150 Å². The number of rotatable bonds is 2. The maximum atomic E-state index is 3.19. The molecule has 0 nitrogen and oxygen atoms in total. The van der Waals surface area contributed by atoms with Crippen LogP contribution in [0.2, 0.25) is 0 Å². The molecule has 1 aliphatic carbocycles. The predicted molar refractivity (Wildman–Crippen MR) is 144 cm³/mol. The molecular formula is C33H28Zr. The van der Waals surface area contributed by atoms with Gasteiger partial charge in [-0.3, -0.25) is 6.08 Å². The third-order valence-electron chi connectivity index (χ3n) is 5.76. The molecule has 0 heterocycles. The van der Waals surface area contributed by atoms with Crippen LogP contribution < -0.4 is 0 Å². The quantitative estimate of drug-likeness (QED) is 0.206. The number of hydrogen-bond acceptors (Lipinski definition) is 0. The van der Waals surface area contributed by atoms with Gasteiger partial charge in [-0.1, -0.05) is 50.2 Å². The summed E-state index contributed by atoms with van der Waals surface area (Å²) in [6.45, 7) is 4.21. The van der Waals surface area contributed by atoms with Gasteiger partial charge in [-0.25, -0.2) is 11.6 Å². The maximum Gasteiger partial charge on any atom is -0.0771 e. The third kappa shape index (κ3) is 6.31. The second-order valence-electron chi connectivity index (χ2n) is 8.45. The number of benzene rings is 4. The van der Waals surface area contributed by atoms with Gasteiger partial charge in [-0.05, 0) is 0 Å². The van der Waals surface area contributed by atoms with Gasteiger partial charge in [-0.15, -0.1) is 46.2 Å². The molecule has 1 heteroatoms. The van der Waals surface area contributed by atoms with E-state index in [0.29, 0.717) is 0 Å². The van der Waals surface area contributed by atoms with Crippen molar-refractivity contribution >= 4 is 24.8 Å². The maximum absolute atomic E-state index is 3.19. The Morgan fingerprint density at radius 3 is 1.47 bits per heavy atom. The van der Waals surface area contributed by atoms with Gasteiger partial charge in [0.2, 0.25) is 0 Å². The molecular weight excluding hydrogens is 488 g/mol. The number of hydrogen-bond donors (Lipinski definition) is 0. The molecule has 0 N–H and O–H groups in total. The Kier molecular flexibility index (Phi) is 8.45. The van der Waals surface area contributed by atoms with Gasteiger partial charge in [0.1, 0.15) is 0 Å². The van der Waals surface area contributed by atoms with Crippen LogP contribution in [-0.4, -0.2) is 3.21 Å². The van der Waals surface area contributed by atoms with Crippen LogP contribution in [0.25, 0.3) is 21.5 Å². The van der Waals surface area contributed by atoms with E-state index in [1.807, 2.05) is 0 Å². The average molecular weight is 516 g/mol. The van der Waals surface area contributed by atoms with E-state index in [0.717, 1.165) is 6.42 Å². The SMILES string of the molecule is CC1=[C-]CC(C)=C1.[Zr+2]=[C](c1ccccc1)c1ccccc1.c1ccc2c(c1)[cH-]c1ccccc12. The molecule has 0 bridgehead atoms. The second-order valence-corrected chi connectivity index (χ2v) is 9.68. The van der Waals surface area contributed by atoms with Crippen molar-refractivity contribution in [3.63, 3.8) is 0 Å². The first-order valence-electron chi connectivity index (χ1n) is 11.6. The molecule has 0 amide bonds. The first-order chi connectivity index (χ1) is 16.6. The normalized spacial score (nSPS) is 12.2. The fourth-order valence-electron chi connectivity index (χ4n) is 4.03. The van der Waals surface area contributed by atoms with E-state index in [-0.39, 0.29) is 0 Å². The molecule has 0 aromatic heterocycles. The van der Waals surface area contributed by atoms with Gasteiger partial charge in [-0.2, -0.15) is 5.57 Å². The monoisotopic (exact) mass is 514 g/mol. The zero-order valence-corrected chi connectivity index (χ0v) is 22.2. The molecule has 0 unspecified atom stereocenters. The summed E-state index contributed by atoms with van der Waals surface area (Å²) in [5.74, 6) is 0. The van der Waals surface area contributed by atoms with Gasteiger partial charge in [0.05, 0.1) is 0 Å². The molecule has 164 valence electrons. The Bertz CT molecular complexity index is 1340. The van der Waals surface area contributed by atoms with Gasteiger partial charge in [0, 0.05) is 0 Å². The van der Waals surface area contributed by atoms with Gasteiger partial charge < -0.3 is 0 Å². The van der Waals surface area contributed by atoms with Crippen LogP contribution in [0.5, 0.6) is 0 Å². The molecule has 0 spiro atoms. The van der Waals surface area contributed by atoms with Crippen molar-refractivity contribution in [1.29, 1.82) is 0 Å². The molecule has 0 fully saturated rings. The van der Waals surface area contributed by atoms with E-state index in [1.165, 1.54) is 71.3 Å². The van der Waals surface area contributed by atoms with Gasteiger partial charge >= 0.3 is 99.2 Å². The molecule has 0 radical (unpaired) electrons. The van der Waals surface area contributed by atoms with Crippen molar-refractivity contribution in [2.75, 3.05) is 0 Å². The predicted octanol–water partition coefficient (Wildman–Crippen LogP) is 8.60. The molecule has 5 aromatic carbocycles. The summed E-state index contributed by atoms with van der Waals surface area (Å²) in [4.78, 5) is 0. The molecule has 0 atom stereocenters.